The van der Waals surface area contributed by atoms with Crippen molar-refractivity contribution in [1.82, 2.24) is 34.1 Å². The molecule has 0 bridgehead atoms. The Kier molecular flexibility index (Phi) is 6.56. The summed E-state index contributed by atoms with van der Waals surface area (Å²) in [5, 5.41) is 21.2. The lowest BCUT2D eigenvalue weighted by molar-refractivity contribution is -0.137. The first-order valence-electron chi connectivity index (χ1n) is 12.6. The number of aromatic amines is 1. The molecular formula is C28H20F4N8O3. The lowest BCUT2D eigenvalue weighted by Crippen LogP contribution is -2.18. The third kappa shape index (κ3) is 5.00. The molecule has 15 heteroatoms. The fourth-order valence-electron chi connectivity index (χ4n) is 4.66. The number of nitrogens with one attached hydrogen (secondary N) is 2. The highest BCUT2D eigenvalue weighted by Gasteiger charge is 2.36. The smallest absolute Gasteiger partial charge is 0.417 e. The molecule has 0 saturated carbocycles. The Bertz CT molecular complexity index is 2060. The van der Waals surface area contributed by atoms with Gasteiger partial charge in [-0.2, -0.15) is 23.4 Å². The number of para-hydroxylation sites is 1. The molecule has 4 heterocycles. The number of benzene rings is 2. The van der Waals surface area contributed by atoms with Gasteiger partial charge >= 0.3 is 11.9 Å². The minimum absolute atomic E-state index is 0.00243. The molecule has 0 saturated heterocycles. The van der Waals surface area contributed by atoms with Gasteiger partial charge in [0.15, 0.2) is 5.82 Å². The molecule has 218 valence electrons. The van der Waals surface area contributed by atoms with Crippen LogP contribution in [0.25, 0.3) is 28.0 Å². The summed E-state index contributed by atoms with van der Waals surface area (Å²) in [6, 6.07) is 12.5. The van der Waals surface area contributed by atoms with E-state index in [2.05, 4.69) is 25.5 Å². The number of alkyl halides is 3. The van der Waals surface area contributed by atoms with Crippen molar-refractivity contribution in [3.63, 3.8) is 0 Å². The van der Waals surface area contributed by atoms with E-state index in [1.54, 1.807) is 36.4 Å². The van der Waals surface area contributed by atoms with Crippen LogP contribution in [0.4, 0.5) is 23.4 Å². The summed E-state index contributed by atoms with van der Waals surface area (Å²) < 4.78 is 60.4. The summed E-state index contributed by atoms with van der Waals surface area (Å²) in [5.74, 6) is -2.77. The summed E-state index contributed by atoms with van der Waals surface area (Å²) in [6.45, 7) is -0.104. The maximum Gasteiger partial charge on any atom is 0.417 e. The molecule has 3 N–H and O–H groups in total. The molecule has 4 aromatic heterocycles. The van der Waals surface area contributed by atoms with Gasteiger partial charge in [-0.3, -0.25) is 19.0 Å². The molecule has 43 heavy (non-hydrogen) atoms. The van der Waals surface area contributed by atoms with Crippen LogP contribution in [-0.4, -0.2) is 45.1 Å². The van der Waals surface area contributed by atoms with Crippen molar-refractivity contribution in [2.24, 2.45) is 7.05 Å². The first kappa shape index (κ1) is 27.4. The van der Waals surface area contributed by atoms with Crippen LogP contribution in [0.5, 0.6) is 5.88 Å². The predicted octanol–water partition coefficient (Wildman–Crippen LogP) is 4.47. The fraction of sp³-hybridized carbons (Fsp3) is 0.107. The number of hydrogen-bond acceptors (Lipinski definition) is 6. The summed E-state index contributed by atoms with van der Waals surface area (Å²) in [4.78, 5) is 32.4. The van der Waals surface area contributed by atoms with Gasteiger partial charge in [0.05, 0.1) is 35.2 Å². The maximum absolute atomic E-state index is 15.2. The van der Waals surface area contributed by atoms with Gasteiger partial charge in [0, 0.05) is 30.6 Å². The normalized spacial score (nSPS) is 11.7. The molecule has 0 unspecified atom stereocenters. The Labute approximate surface area is 238 Å². The standard InChI is InChI=1S/C28H20F4N8O3/c1-38-10-8-21(36-38)17-11-18(20(29)12-19(17)28(30,31)32)26(42)35-25-24-23(37-40(25)16-5-3-2-4-6-16)15(7-9-33-24)14-39-22(41)13-34-27(39)43/h2-13,41H,14H2,1H3,(H,34,43)(H,35,42). The Hall–Kier alpha value is -5.73. The molecule has 2 aromatic carbocycles. The Morgan fingerprint density at radius 3 is 2.49 bits per heavy atom. The monoisotopic (exact) mass is 592 g/mol. The van der Waals surface area contributed by atoms with Crippen LogP contribution in [0, 0.1) is 5.82 Å². The van der Waals surface area contributed by atoms with Crippen LogP contribution in [-0.2, 0) is 19.8 Å². The van der Waals surface area contributed by atoms with Gasteiger partial charge in [-0.25, -0.2) is 13.9 Å². The van der Waals surface area contributed by atoms with Gasteiger partial charge in [-0.05, 0) is 36.4 Å². The van der Waals surface area contributed by atoms with E-state index in [4.69, 9.17) is 0 Å². The van der Waals surface area contributed by atoms with E-state index in [9.17, 15) is 27.9 Å². The first-order valence-corrected chi connectivity index (χ1v) is 12.6. The van der Waals surface area contributed by atoms with E-state index in [0.29, 0.717) is 11.3 Å². The lowest BCUT2D eigenvalue weighted by Gasteiger charge is -2.15. The van der Waals surface area contributed by atoms with Crippen LogP contribution in [0.1, 0.15) is 21.5 Å². The number of amides is 1. The van der Waals surface area contributed by atoms with E-state index in [1.807, 2.05) is 0 Å². The number of pyridine rings is 1. The highest BCUT2D eigenvalue weighted by atomic mass is 19.4. The highest BCUT2D eigenvalue weighted by molar-refractivity contribution is 6.08. The van der Waals surface area contributed by atoms with Crippen LogP contribution in [0.2, 0.25) is 0 Å². The second kappa shape index (κ2) is 10.3. The van der Waals surface area contributed by atoms with Crippen molar-refractivity contribution in [3.05, 3.63) is 106 Å². The molecule has 0 aliphatic heterocycles. The average Bonchev–Trinajstić information content (AvgIpc) is 3.66. The van der Waals surface area contributed by atoms with Crippen molar-refractivity contribution in [2.75, 3.05) is 5.32 Å². The number of imidazole rings is 1. The van der Waals surface area contributed by atoms with E-state index >= 15 is 4.39 Å². The SMILES string of the molecule is Cn1ccc(-c2cc(C(=O)Nc3c4nccc(Cn5c(O)c[nH]c5=O)c4nn3-c3ccccc3)c(F)cc2C(F)(F)F)n1. The first-order chi connectivity index (χ1) is 20.5. The number of anilines is 1. The zero-order valence-corrected chi connectivity index (χ0v) is 22.1. The number of carbonyl (C=O) groups excluding carboxylic acids is 1. The molecule has 11 nitrogen and oxygen atoms in total. The van der Waals surface area contributed by atoms with E-state index < -0.39 is 40.3 Å². The minimum atomic E-state index is -4.92. The van der Waals surface area contributed by atoms with Gasteiger partial charge in [-0.15, -0.1) is 0 Å². The molecular weight excluding hydrogens is 572 g/mol. The number of hydrogen-bond donors (Lipinski definition) is 3. The number of halogens is 4. The average molecular weight is 593 g/mol. The number of H-pyrrole nitrogens is 1. The zero-order valence-electron chi connectivity index (χ0n) is 22.1. The second-order valence-corrected chi connectivity index (χ2v) is 9.51. The van der Waals surface area contributed by atoms with E-state index in [1.165, 1.54) is 34.9 Å². The zero-order chi connectivity index (χ0) is 30.5. The van der Waals surface area contributed by atoms with Gasteiger partial charge in [0.2, 0.25) is 5.88 Å². The molecule has 6 rings (SSSR count). The lowest BCUT2D eigenvalue weighted by atomic mass is 9.99. The van der Waals surface area contributed by atoms with Crippen LogP contribution in [0.15, 0.2) is 78.0 Å². The van der Waals surface area contributed by atoms with Crippen LogP contribution >= 0.6 is 0 Å². The molecule has 0 atom stereocenters. The van der Waals surface area contributed by atoms with Crippen LogP contribution < -0.4 is 11.0 Å². The molecule has 6 aromatic rings. The highest BCUT2D eigenvalue weighted by Crippen LogP contribution is 2.38. The Morgan fingerprint density at radius 1 is 1.07 bits per heavy atom. The number of fused-ring (bicyclic) bond motifs is 1. The van der Waals surface area contributed by atoms with Gasteiger partial charge in [-0.1, -0.05) is 18.2 Å². The molecule has 0 spiro atoms. The Balaban J connectivity index is 1.48. The number of aromatic hydroxyl groups is 1. The second-order valence-electron chi connectivity index (χ2n) is 9.51. The quantitative estimate of drug-likeness (QED) is 0.244. The summed E-state index contributed by atoms with van der Waals surface area (Å²) in [6.07, 6.45) is -0.960. The number of carbonyl (C=O) groups is 1. The van der Waals surface area contributed by atoms with Crippen molar-refractivity contribution < 1.29 is 27.5 Å². The third-order valence-electron chi connectivity index (χ3n) is 6.70. The molecule has 0 aliphatic carbocycles. The number of aromatic nitrogens is 7. The van der Waals surface area contributed by atoms with Crippen LogP contribution in [0.3, 0.4) is 0 Å². The Morgan fingerprint density at radius 2 is 1.84 bits per heavy atom. The van der Waals surface area contributed by atoms with Gasteiger partial charge in [0.25, 0.3) is 5.91 Å². The van der Waals surface area contributed by atoms with Crippen molar-refractivity contribution in [3.8, 4) is 22.8 Å². The topological polar surface area (TPSA) is 136 Å². The molecule has 0 aliphatic rings. The van der Waals surface area contributed by atoms with Crippen molar-refractivity contribution in [1.29, 1.82) is 0 Å². The molecule has 0 radical (unpaired) electrons. The fourth-order valence-corrected chi connectivity index (χ4v) is 4.66. The summed E-state index contributed by atoms with van der Waals surface area (Å²) >= 11 is 0. The summed E-state index contributed by atoms with van der Waals surface area (Å²) in [7, 11) is 1.51. The largest absolute Gasteiger partial charge is 0.493 e. The van der Waals surface area contributed by atoms with E-state index in [-0.39, 0.29) is 41.0 Å². The number of rotatable bonds is 6. The van der Waals surface area contributed by atoms with E-state index in [0.717, 1.165) is 16.8 Å². The van der Waals surface area contributed by atoms with Crippen molar-refractivity contribution >= 4 is 22.8 Å². The minimum Gasteiger partial charge on any atom is -0.493 e. The molecule has 1 amide bonds. The number of aryl methyl sites for hydroxylation is 1. The maximum atomic E-state index is 15.2. The van der Waals surface area contributed by atoms with Crippen molar-refractivity contribution in [2.45, 2.75) is 12.7 Å². The third-order valence-corrected chi connectivity index (χ3v) is 6.70. The number of nitrogens with zero attached hydrogens (tertiary/aromatic N) is 6. The molecule has 0 fully saturated rings. The van der Waals surface area contributed by atoms with Gasteiger partial charge in [0.1, 0.15) is 16.9 Å². The van der Waals surface area contributed by atoms with Gasteiger partial charge < -0.3 is 15.4 Å². The predicted molar refractivity (Wildman–Crippen MR) is 146 cm³/mol. The summed E-state index contributed by atoms with van der Waals surface area (Å²) in [5.41, 5.74) is -1.77.